The lowest BCUT2D eigenvalue weighted by molar-refractivity contribution is 0.847. The molecule has 0 amide bonds. The summed E-state index contributed by atoms with van der Waals surface area (Å²) >= 11 is 13.9. The molecule has 0 aliphatic rings. The fourth-order valence-electron chi connectivity index (χ4n) is 3.35. The zero-order chi connectivity index (χ0) is 23.5. The Morgan fingerprint density at radius 3 is 2.53 bits per heavy atom. The number of nitrogens with zero attached hydrogens (tertiary/aromatic N) is 6. The van der Waals surface area contributed by atoms with Crippen LogP contribution in [0.2, 0.25) is 10.0 Å². The maximum absolute atomic E-state index is 6.30. The van der Waals surface area contributed by atoms with Gasteiger partial charge < -0.3 is 4.57 Å². The minimum absolute atomic E-state index is 0.485. The SMILES string of the molecule is CC(=Nn1c(-c2ccc(Cl)c(Cl)c2)csc1=Nc1cccnc1)c1ccc(-n2ccnc2)cc1. The molecule has 0 aliphatic carbocycles. The molecule has 5 aromatic rings. The van der Waals surface area contributed by atoms with Crippen LogP contribution < -0.4 is 4.80 Å². The molecule has 6 nitrogen and oxygen atoms in total. The van der Waals surface area contributed by atoms with E-state index in [1.165, 1.54) is 11.3 Å². The molecule has 34 heavy (non-hydrogen) atoms. The van der Waals surface area contributed by atoms with Gasteiger partial charge in [-0.1, -0.05) is 41.4 Å². The standard InChI is InChI=1S/C25H18Cl2N6S/c1-17(18-4-7-21(8-5-18)32-12-11-29-16-32)31-33-24(19-6-9-22(26)23(27)13-19)15-34-25(33)30-20-3-2-10-28-14-20/h2-16H,1H3. The maximum Gasteiger partial charge on any atom is 0.211 e. The second kappa shape index (κ2) is 9.77. The summed E-state index contributed by atoms with van der Waals surface area (Å²) < 4.78 is 3.79. The minimum Gasteiger partial charge on any atom is -0.306 e. The molecule has 0 spiro atoms. The van der Waals surface area contributed by atoms with Crippen molar-refractivity contribution >= 4 is 45.9 Å². The monoisotopic (exact) mass is 504 g/mol. The van der Waals surface area contributed by atoms with Gasteiger partial charge >= 0.3 is 0 Å². The van der Waals surface area contributed by atoms with Crippen LogP contribution in [0.5, 0.6) is 0 Å². The second-order valence-electron chi connectivity index (χ2n) is 7.37. The molecule has 0 N–H and O–H groups in total. The lowest BCUT2D eigenvalue weighted by atomic mass is 10.1. The molecule has 0 radical (unpaired) electrons. The van der Waals surface area contributed by atoms with Crippen LogP contribution in [0.3, 0.4) is 0 Å². The van der Waals surface area contributed by atoms with Crippen LogP contribution in [0.1, 0.15) is 12.5 Å². The number of benzene rings is 2. The summed E-state index contributed by atoms with van der Waals surface area (Å²) in [4.78, 5) is 13.7. The Morgan fingerprint density at radius 1 is 0.971 bits per heavy atom. The Balaban J connectivity index is 1.60. The van der Waals surface area contributed by atoms with E-state index in [9.17, 15) is 0 Å². The molecular weight excluding hydrogens is 487 g/mol. The molecule has 0 bridgehead atoms. The van der Waals surface area contributed by atoms with Crippen LogP contribution in [-0.4, -0.2) is 24.9 Å². The topological polar surface area (TPSA) is 60.4 Å². The van der Waals surface area contributed by atoms with Gasteiger partial charge in [0.15, 0.2) is 0 Å². The number of thiazole rings is 1. The fourth-order valence-corrected chi connectivity index (χ4v) is 4.50. The predicted octanol–water partition coefficient (Wildman–Crippen LogP) is 6.61. The first-order valence-electron chi connectivity index (χ1n) is 10.3. The van der Waals surface area contributed by atoms with E-state index in [2.05, 4.69) is 9.97 Å². The first kappa shape index (κ1) is 22.3. The summed E-state index contributed by atoms with van der Waals surface area (Å²) in [6.45, 7) is 1.98. The molecule has 0 saturated carbocycles. The van der Waals surface area contributed by atoms with Crippen LogP contribution in [0.15, 0.2) is 101 Å². The fraction of sp³-hybridized carbons (Fsp3) is 0.0400. The van der Waals surface area contributed by atoms with Crippen molar-refractivity contribution in [3.8, 4) is 16.9 Å². The van der Waals surface area contributed by atoms with Gasteiger partial charge in [0.25, 0.3) is 0 Å². The third-order valence-corrected chi connectivity index (χ3v) is 6.66. The highest BCUT2D eigenvalue weighted by atomic mass is 35.5. The first-order valence-corrected chi connectivity index (χ1v) is 12.0. The summed E-state index contributed by atoms with van der Waals surface area (Å²) in [7, 11) is 0. The third-order valence-electron chi connectivity index (χ3n) is 5.11. The van der Waals surface area contributed by atoms with Gasteiger partial charge in [0.2, 0.25) is 4.80 Å². The Kier molecular flexibility index (Phi) is 6.40. The lowest BCUT2D eigenvalue weighted by Gasteiger charge is -2.08. The summed E-state index contributed by atoms with van der Waals surface area (Å²) in [5.41, 5.74) is 5.36. The van der Waals surface area contributed by atoms with E-state index >= 15 is 0 Å². The Hall–Kier alpha value is -3.52. The quantitative estimate of drug-likeness (QED) is 0.253. The highest BCUT2D eigenvalue weighted by Crippen LogP contribution is 2.29. The van der Waals surface area contributed by atoms with E-state index in [-0.39, 0.29) is 0 Å². The first-order chi connectivity index (χ1) is 16.6. The van der Waals surface area contributed by atoms with Gasteiger partial charge in [-0.2, -0.15) is 5.10 Å². The molecule has 168 valence electrons. The van der Waals surface area contributed by atoms with Gasteiger partial charge in [-0.15, -0.1) is 11.3 Å². The molecule has 0 fully saturated rings. The van der Waals surface area contributed by atoms with E-state index in [1.54, 1.807) is 31.0 Å². The van der Waals surface area contributed by atoms with Crippen molar-refractivity contribution in [2.75, 3.05) is 0 Å². The molecular formula is C25H18Cl2N6S. The van der Waals surface area contributed by atoms with Crippen LogP contribution in [0, 0.1) is 0 Å². The molecule has 5 rings (SSSR count). The predicted molar refractivity (Wildman–Crippen MR) is 138 cm³/mol. The zero-order valence-electron chi connectivity index (χ0n) is 18.0. The zero-order valence-corrected chi connectivity index (χ0v) is 20.3. The Morgan fingerprint density at radius 2 is 1.82 bits per heavy atom. The number of aromatic nitrogens is 4. The second-order valence-corrected chi connectivity index (χ2v) is 9.02. The number of hydrogen-bond acceptors (Lipinski definition) is 5. The van der Waals surface area contributed by atoms with Crippen LogP contribution >= 0.6 is 34.5 Å². The van der Waals surface area contributed by atoms with Gasteiger partial charge in [0.05, 0.1) is 39.7 Å². The largest absolute Gasteiger partial charge is 0.306 e. The number of imidazole rings is 1. The molecule has 9 heteroatoms. The smallest absolute Gasteiger partial charge is 0.211 e. The van der Waals surface area contributed by atoms with E-state index in [1.807, 2.05) is 76.3 Å². The van der Waals surface area contributed by atoms with E-state index in [0.717, 1.165) is 33.9 Å². The molecule has 0 saturated heterocycles. The van der Waals surface area contributed by atoms with Crippen LogP contribution in [-0.2, 0) is 0 Å². The average molecular weight is 505 g/mol. The summed E-state index contributed by atoms with van der Waals surface area (Å²) in [6, 6.07) is 17.4. The minimum atomic E-state index is 0.485. The highest BCUT2D eigenvalue weighted by Gasteiger charge is 2.11. The normalized spacial score (nSPS) is 12.3. The average Bonchev–Trinajstić information content (AvgIpc) is 3.53. The molecule has 2 aromatic carbocycles. The van der Waals surface area contributed by atoms with Crippen LogP contribution in [0.4, 0.5) is 5.69 Å². The summed E-state index contributed by atoms with van der Waals surface area (Å²) in [5.74, 6) is 0. The maximum atomic E-state index is 6.30. The van der Waals surface area contributed by atoms with Crippen molar-refractivity contribution in [1.29, 1.82) is 0 Å². The van der Waals surface area contributed by atoms with E-state index in [0.29, 0.717) is 14.8 Å². The molecule has 0 atom stereocenters. The molecule has 3 aromatic heterocycles. The van der Waals surface area contributed by atoms with Gasteiger partial charge in [0, 0.05) is 35.2 Å². The van der Waals surface area contributed by atoms with Crippen LogP contribution in [0.25, 0.3) is 16.9 Å². The highest BCUT2D eigenvalue weighted by molar-refractivity contribution is 7.07. The number of pyridine rings is 1. The van der Waals surface area contributed by atoms with E-state index in [4.69, 9.17) is 33.3 Å². The third kappa shape index (κ3) is 4.72. The molecule has 0 unspecified atom stereocenters. The van der Waals surface area contributed by atoms with Crippen molar-refractivity contribution < 1.29 is 0 Å². The van der Waals surface area contributed by atoms with Gasteiger partial charge in [-0.3, -0.25) is 4.98 Å². The molecule has 3 heterocycles. The van der Waals surface area contributed by atoms with Crippen molar-refractivity contribution in [3.05, 3.63) is 112 Å². The van der Waals surface area contributed by atoms with Gasteiger partial charge in [-0.25, -0.2) is 14.7 Å². The van der Waals surface area contributed by atoms with Gasteiger partial charge in [0.1, 0.15) is 0 Å². The van der Waals surface area contributed by atoms with Crippen molar-refractivity contribution in [1.82, 2.24) is 19.2 Å². The number of hydrogen-bond donors (Lipinski definition) is 0. The molecule has 0 aliphatic heterocycles. The van der Waals surface area contributed by atoms with Crippen molar-refractivity contribution in [2.45, 2.75) is 6.92 Å². The summed E-state index contributed by atoms with van der Waals surface area (Å²) in [5, 5.41) is 7.94. The summed E-state index contributed by atoms with van der Waals surface area (Å²) in [6.07, 6.45) is 8.87. The van der Waals surface area contributed by atoms with E-state index < -0.39 is 0 Å². The lowest BCUT2D eigenvalue weighted by Crippen LogP contribution is -2.13. The Labute approximate surface area is 210 Å². The van der Waals surface area contributed by atoms with Crippen molar-refractivity contribution in [3.63, 3.8) is 0 Å². The Bertz CT molecular complexity index is 1520. The number of halogens is 2. The van der Waals surface area contributed by atoms with Gasteiger partial charge in [-0.05, 0) is 48.9 Å². The van der Waals surface area contributed by atoms with Crippen molar-refractivity contribution in [2.24, 2.45) is 10.1 Å². The number of rotatable bonds is 5.